The van der Waals surface area contributed by atoms with Crippen LogP contribution in [0, 0.1) is 46.3 Å². The maximum absolute atomic E-state index is 10.2. The molecule has 29 heavy (non-hydrogen) atoms. The van der Waals surface area contributed by atoms with Gasteiger partial charge in [-0.3, -0.25) is 0 Å². The average molecular weight is 418 g/mol. The molecule has 0 aliphatic heterocycles. The molecule has 0 unspecified atom stereocenters. The van der Waals surface area contributed by atoms with Crippen LogP contribution in [0.3, 0.4) is 0 Å². The fourth-order valence-electron chi connectivity index (χ4n) is 8.67. The molecule has 1 N–H and O–H groups in total. The molecule has 3 fully saturated rings. The van der Waals surface area contributed by atoms with E-state index in [-0.39, 0.29) is 16.0 Å². The molecule has 2 heteroatoms. The number of hydrogen-bond donors (Lipinski definition) is 1. The van der Waals surface area contributed by atoms with E-state index in [0.717, 1.165) is 48.3 Å². The highest BCUT2D eigenvalue weighted by molar-refractivity contribution is 6.92. The molecule has 1 nitrogen and oxygen atoms in total. The molecule has 0 spiro atoms. The van der Waals surface area contributed by atoms with Gasteiger partial charge < -0.3 is 5.11 Å². The fraction of sp³-hybridized carbons (Fsp3) is 0.926. The lowest BCUT2D eigenvalue weighted by Gasteiger charge is -2.58. The summed E-state index contributed by atoms with van der Waals surface area (Å²) in [5, 5.41) is 10.2. The minimum atomic E-state index is -0.0766. The molecule has 0 bridgehead atoms. The van der Waals surface area contributed by atoms with Gasteiger partial charge in [0.2, 0.25) is 0 Å². The van der Waals surface area contributed by atoms with Crippen molar-refractivity contribution in [2.45, 2.75) is 111 Å². The summed E-state index contributed by atoms with van der Waals surface area (Å²) in [6.07, 6.45) is 17.2. The van der Waals surface area contributed by atoms with E-state index in [2.05, 4.69) is 40.7 Å². The SMILES string of the molecule is CC(C)CCC[C@@H](C)[C@H]1CC[C@H]2[C@@H]3CC=C4C[C@@H](O)CC[C@]4(C)[C@H]3CC[C@]12C.[P]. The van der Waals surface area contributed by atoms with Crippen LogP contribution in [0.1, 0.15) is 105 Å². The first kappa shape index (κ1) is 23.8. The fourth-order valence-corrected chi connectivity index (χ4v) is 8.67. The van der Waals surface area contributed by atoms with Crippen molar-refractivity contribution in [1.29, 1.82) is 0 Å². The molecule has 0 heterocycles. The van der Waals surface area contributed by atoms with Gasteiger partial charge in [-0.05, 0) is 97.7 Å². The highest BCUT2D eigenvalue weighted by atomic mass is 31.0. The second-order valence-corrected chi connectivity index (χ2v) is 12.2. The van der Waals surface area contributed by atoms with Crippen molar-refractivity contribution in [3.05, 3.63) is 11.6 Å². The van der Waals surface area contributed by atoms with Crippen LogP contribution in [-0.2, 0) is 0 Å². The Morgan fingerprint density at radius 2 is 1.76 bits per heavy atom. The van der Waals surface area contributed by atoms with E-state index in [1.165, 1.54) is 57.8 Å². The second kappa shape index (κ2) is 8.94. The summed E-state index contributed by atoms with van der Waals surface area (Å²) >= 11 is 0. The molecule has 0 amide bonds. The molecular weight excluding hydrogens is 371 g/mol. The van der Waals surface area contributed by atoms with Gasteiger partial charge in [-0.2, -0.15) is 0 Å². The van der Waals surface area contributed by atoms with Crippen LogP contribution < -0.4 is 0 Å². The maximum Gasteiger partial charge on any atom is 0.0577 e. The van der Waals surface area contributed by atoms with Crippen LogP contribution in [0.4, 0.5) is 0 Å². The molecular formula is C27H46OP. The maximum atomic E-state index is 10.2. The number of aliphatic hydroxyl groups is 1. The topological polar surface area (TPSA) is 20.2 Å². The predicted octanol–water partition coefficient (Wildman–Crippen LogP) is 8.25. The van der Waals surface area contributed by atoms with E-state index in [1.54, 1.807) is 5.57 Å². The molecule has 3 radical (unpaired) electrons. The molecule has 0 aromatic carbocycles. The van der Waals surface area contributed by atoms with Gasteiger partial charge in [0.05, 0.1) is 6.10 Å². The highest BCUT2D eigenvalue weighted by Gasteiger charge is 2.59. The summed E-state index contributed by atoms with van der Waals surface area (Å²) in [7, 11) is 0. The Morgan fingerprint density at radius 1 is 1.00 bits per heavy atom. The largest absolute Gasteiger partial charge is 0.393 e. The Bertz CT molecular complexity index is 597. The van der Waals surface area contributed by atoms with E-state index < -0.39 is 0 Å². The predicted molar refractivity (Wildman–Crippen MR) is 126 cm³/mol. The Hall–Kier alpha value is 0.130. The quantitative estimate of drug-likeness (QED) is 0.353. The van der Waals surface area contributed by atoms with E-state index in [4.69, 9.17) is 0 Å². The number of aliphatic hydroxyl groups excluding tert-OH is 1. The third-order valence-corrected chi connectivity index (χ3v) is 10.3. The van der Waals surface area contributed by atoms with Gasteiger partial charge in [0.15, 0.2) is 0 Å². The summed E-state index contributed by atoms with van der Waals surface area (Å²) < 4.78 is 0. The van der Waals surface area contributed by atoms with Crippen molar-refractivity contribution in [3.63, 3.8) is 0 Å². The van der Waals surface area contributed by atoms with Crippen LogP contribution in [0.25, 0.3) is 0 Å². The Morgan fingerprint density at radius 3 is 2.48 bits per heavy atom. The number of hydrogen-bond acceptors (Lipinski definition) is 1. The van der Waals surface area contributed by atoms with Crippen LogP contribution in [0.2, 0.25) is 0 Å². The number of fused-ring (bicyclic) bond motifs is 5. The molecule has 0 aromatic heterocycles. The molecule has 8 atom stereocenters. The van der Waals surface area contributed by atoms with Crippen LogP contribution in [-0.4, -0.2) is 11.2 Å². The lowest BCUT2D eigenvalue weighted by molar-refractivity contribution is -0.0573. The molecule has 4 rings (SSSR count). The third kappa shape index (κ3) is 4.14. The second-order valence-electron chi connectivity index (χ2n) is 12.2. The van der Waals surface area contributed by atoms with Gasteiger partial charge >= 0.3 is 0 Å². The molecule has 4 aliphatic carbocycles. The molecule has 4 aliphatic rings. The monoisotopic (exact) mass is 417 g/mol. The Labute approximate surface area is 184 Å². The van der Waals surface area contributed by atoms with Crippen molar-refractivity contribution in [2.75, 3.05) is 0 Å². The Balaban J connectivity index is 0.00000240. The Kier molecular flexibility index (Phi) is 7.33. The van der Waals surface area contributed by atoms with Gasteiger partial charge in [0, 0.05) is 9.90 Å². The van der Waals surface area contributed by atoms with Crippen LogP contribution >= 0.6 is 9.90 Å². The summed E-state index contributed by atoms with van der Waals surface area (Å²) in [6, 6.07) is 0. The van der Waals surface area contributed by atoms with Gasteiger partial charge in [-0.15, -0.1) is 0 Å². The third-order valence-electron chi connectivity index (χ3n) is 10.3. The van der Waals surface area contributed by atoms with Gasteiger partial charge in [-0.25, -0.2) is 0 Å². The van der Waals surface area contributed by atoms with Crippen molar-refractivity contribution < 1.29 is 5.11 Å². The van der Waals surface area contributed by atoms with Crippen molar-refractivity contribution in [3.8, 4) is 0 Å². The summed E-state index contributed by atoms with van der Waals surface area (Å²) in [4.78, 5) is 0. The van der Waals surface area contributed by atoms with Crippen LogP contribution in [0.5, 0.6) is 0 Å². The molecule has 0 aromatic rings. The highest BCUT2D eigenvalue weighted by Crippen LogP contribution is 2.67. The molecule has 3 saturated carbocycles. The lowest BCUT2D eigenvalue weighted by atomic mass is 9.47. The summed E-state index contributed by atoms with van der Waals surface area (Å²) in [5.74, 6) is 5.46. The standard InChI is InChI=1S/C27H46O.P/c1-18(2)7-6-8-19(3)23-11-12-24-22-10-9-20-17-21(28)13-15-26(20,4)25(22)14-16-27(23,24)5;/h9,18-19,21-25,28H,6-8,10-17H2,1-5H3;/t19-,21+,22+,23-,24+,25+,26+,27-;/m1./s1. The zero-order valence-corrected chi connectivity index (χ0v) is 20.7. The minimum absolute atomic E-state index is 0. The summed E-state index contributed by atoms with van der Waals surface area (Å²) in [6.45, 7) is 12.6. The number of rotatable bonds is 5. The van der Waals surface area contributed by atoms with E-state index >= 15 is 0 Å². The number of allylic oxidation sites excluding steroid dienone is 1. The van der Waals surface area contributed by atoms with Crippen molar-refractivity contribution in [1.82, 2.24) is 0 Å². The molecule has 165 valence electrons. The average Bonchev–Trinajstić information content (AvgIpc) is 2.99. The molecule has 0 saturated heterocycles. The van der Waals surface area contributed by atoms with Gasteiger partial charge in [0.1, 0.15) is 0 Å². The minimum Gasteiger partial charge on any atom is -0.393 e. The lowest BCUT2D eigenvalue weighted by Crippen LogP contribution is -2.50. The van der Waals surface area contributed by atoms with Crippen LogP contribution in [0.15, 0.2) is 11.6 Å². The first-order valence-corrected chi connectivity index (χ1v) is 12.6. The van der Waals surface area contributed by atoms with Gasteiger partial charge in [0.25, 0.3) is 0 Å². The smallest absolute Gasteiger partial charge is 0.0577 e. The first-order chi connectivity index (χ1) is 13.3. The first-order valence-electron chi connectivity index (χ1n) is 12.6. The van der Waals surface area contributed by atoms with E-state index in [1.807, 2.05) is 0 Å². The van der Waals surface area contributed by atoms with Gasteiger partial charge in [-0.1, -0.05) is 65.5 Å². The zero-order chi connectivity index (χ0) is 20.1. The van der Waals surface area contributed by atoms with Crippen molar-refractivity contribution >= 4 is 9.90 Å². The van der Waals surface area contributed by atoms with Crippen molar-refractivity contribution in [2.24, 2.45) is 46.3 Å². The normalized spacial score (nSPS) is 44.9. The van der Waals surface area contributed by atoms with E-state index in [0.29, 0.717) is 10.8 Å². The van der Waals surface area contributed by atoms with E-state index in [9.17, 15) is 5.11 Å². The zero-order valence-electron chi connectivity index (χ0n) is 19.8. The summed E-state index contributed by atoms with van der Waals surface area (Å²) in [5.41, 5.74) is 2.60.